The zero-order valence-electron chi connectivity index (χ0n) is 17.4. The number of rotatable bonds is 4. The number of likely N-dealkylation sites (tertiary alicyclic amines) is 1. The first kappa shape index (κ1) is 24.4. The Morgan fingerprint density at radius 2 is 1.83 bits per heavy atom. The third-order valence-electron chi connectivity index (χ3n) is 5.91. The molecule has 2 aromatic rings. The molecule has 2 aliphatic rings. The van der Waals surface area contributed by atoms with Gasteiger partial charge < -0.3 is 10.2 Å². The van der Waals surface area contributed by atoms with Crippen molar-refractivity contribution in [3.63, 3.8) is 0 Å². The Morgan fingerprint density at radius 1 is 1.20 bits per heavy atom. The molecule has 4 heterocycles. The molecule has 2 saturated heterocycles. The lowest BCUT2D eigenvalue weighted by atomic mass is 10.0. The van der Waals surface area contributed by atoms with E-state index in [0.717, 1.165) is 19.5 Å². The van der Waals surface area contributed by atoms with Crippen LogP contribution in [0, 0.1) is 11.8 Å². The molecule has 2 N–H and O–H groups in total. The van der Waals surface area contributed by atoms with Gasteiger partial charge in [-0.05, 0) is 30.2 Å². The Hall–Kier alpha value is -1.90. The standard InChI is InChI=1S/C20H27N5O3.2ClH/c1-4-5-25-17-16(18(26)23-20(25)28)14(6-15(22-17)11(2)3)19(27)24-9-12-7-21-8-13(12)10-24;;/h6,11-13,21H,4-5,7-10H2,1-3H3,(H,23,26,28);2*1H/t12-,13+;;. The quantitative estimate of drug-likeness (QED) is 0.728. The van der Waals surface area contributed by atoms with Crippen LogP contribution in [0.4, 0.5) is 0 Å². The van der Waals surface area contributed by atoms with Gasteiger partial charge in [-0.2, -0.15) is 0 Å². The summed E-state index contributed by atoms with van der Waals surface area (Å²) < 4.78 is 1.47. The molecule has 166 valence electrons. The van der Waals surface area contributed by atoms with Crippen LogP contribution in [-0.2, 0) is 6.54 Å². The maximum absolute atomic E-state index is 13.4. The van der Waals surface area contributed by atoms with Crippen LogP contribution in [0.3, 0.4) is 0 Å². The summed E-state index contributed by atoms with van der Waals surface area (Å²) >= 11 is 0. The molecular formula is C20H29Cl2N5O3. The van der Waals surface area contributed by atoms with E-state index in [0.29, 0.717) is 48.4 Å². The van der Waals surface area contributed by atoms with Gasteiger partial charge in [-0.1, -0.05) is 20.8 Å². The van der Waals surface area contributed by atoms with Crippen molar-refractivity contribution in [3.05, 3.63) is 38.2 Å². The molecule has 10 heteroatoms. The second-order valence-electron chi connectivity index (χ2n) is 8.25. The van der Waals surface area contributed by atoms with Gasteiger partial charge in [-0.25, -0.2) is 9.78 Å². The monoisotopic (exact) mass is 457 g/mol. The number of hydrogen-bond donors (Lipinski definition) is 2. The maximum atomic E-state index is 13.4. The normalized spacial score (nSPS) is 20.2. The number of carbonyl (C=O) groups is 1. The number of aromatic amines is 1. The van der Waals surface area contributed by atoms with Gasteiger partial charge >= 0.3 is 5.69 Å². The molecule has 0 radical (unpaired) electrons. The average molecular weight is 458 g/mol. The van der Waals surface area contributed by atoms with Crippen molar-refractivity contribution in [2.45, 2.75) is 39.7 Å². The highest BCUT2D eigenvalue weighted by molar-refractivity contribution is 6.05. The molecule has 0 unspecified atom stereocenters. The first-order valence-corrected chi connectivity index (χ1v) is 10.1. The smallest absolute Gasteiger partial charge is 0.329 e. The number of fused-ring (bicyclic) bond motifs is 2. The summed E-state index contributed by atoms with van der Waals surface area (Å²) in [6, 6.07) is 1.73. The van der Waals surface area contributed by atoms with Crippen molar-refractivity contribution < 1.29 is 4.79 Å². The van der Waals surface area contributed by atoms with Gasteiger partial charge in [0.15, 0.2) is 5.65 Å². The van der Waals surface area contributed by atoms with Crippen molar-refractivity contribution >= 4 is 41.8 Å². The molecular weight excluding hydrogens is 429 g/mol. The number of hydrogen-bond acceptors (Lipinski definition) is 5. The molecule has 30 heavy (non-hydrogen) atoms. The van der Waals surface area contributed by atoms with Crippen molar-refractivity contribution in [1.29, 1.82) is 0 Å². The predicted molar refractivity (Wildman–Crippen MR) is 121 cm³/mol. The van der Waals surface area contributed by atoms with E-state index in [1.165, 1.54) is 4.57 Å². The van der Waals surface area contributed by atoms with Crippen molar-refractivity contribution in [1.82, 2.24) is 24.8 Å². The number of carbonyl (C=O) groups excluding carboxylic acids is 1. The van der Waals surface area contributed by atoms with E-state index < -0.39 is 11.2 Å². The van der Waals surface area contributed by atoms with Crippen LogP contribution in [-0.4, -0.2) is 51.5 Å². The molecule has 1 amide bonds. The number of aryl methyl sites for hydroxylation is 1. The van der Waals surface area contributed by atoms with E-state index in [1.807, 2.05) is 25.7 Å². The van der Waals surface area contributed by atoms with E-state index in [-0.39, 0.29) is 42.0 Å². The molecule has 2 aromatic heterocycles. The van der Waals surface area contributed by atoms with Gasteiger partial charge in [-0.3, -0.25) is 19.1 Å². The Bertz CT molecular complexity index is 1040. The summed E-state index contributed by atoms with van der Waals surface area (Å²) in [4.78, 5) is 47.3. The van der Waals surface area contributed by atoms with E-state index in [9.17, 15) is 14.4 Å². The first-order valence-electron chi connectivity index (χ1n) is 10.1. The fourth-order valence-electron chi connectivity index (χ4n) is 4.38. The topological polar surface area (TPSA) is 100 Å². The molecule has 0 aliphatic carbocycles. The van der Waals surface area contributed by atoms with Gasteiger partial charge in [-0.15, -0.1) is 24.8 Å². The molecule has 0 aromatic carbocycles. The SMILES string of the molecule is CCCn1c(=O)[nH]c(=O)c2c(C(=O)N3C[C@H]4CNC[C@H]4C3)cc(C(C)C)nc21.Cl.Cl. The molecule has 8 nitrogen and oxygen atoms in total. The summed E-state index contributed by atoms with van der Waals surface area (Å²) in [6.45, 7) is 9.63. The third-order valence-corrected chi connectivity index (χ3v) is 5.91. The largest absolute Gasteiger partial charge is 0.338 e. The van der Waals surface area contributed by atoms with Crippen LogP contribution >= 0.6 is 24.8 Å². The molecule has 0 bridgehead atoms. The average Bonchev–Trinajstić information content (AvgIpc) is 3.25. The maximum Gasteiger partial charge on any atom is 0.329 e. The zero-order chi connectivity index (χ0) is 20.0. The predicted octanol–water partition coefficient (Wildman–Crippen LogP) is 1.75. The van der Waals surface area contributed by atoms with Crippen LogP contribution < -0.4 is 16.6 Å². The number of amides is 1. The van der Waals surface area contributed by atoms with Gasteiger partial charge in [0.05, 0.1) is 10.9 Å². The number of halogens is 2. The van der Waals surface area contributed by atoms with Crippen LogP contribution in [0.5, 0.6) is 0 Å². The minimum absolute atomic E-state index is 0. The van der Waals surface area contributed by atoms with Gasteiger partial charge in [0.2, 0.25) is 0 Å². The molecule has 2 aliphatic heterocycles. The Labute approximate surface area is 187 Å². The van der Waals surface area contributed by atoms with Crippen LogP contribution in [0.1, 0.15) is 49.2 Å². The van der Waals surface area contributed by atoms with Gasteiger partial charge in [0, 0.05) is 38.4 Å². The highest BCUT2D eigenvalue weighted by atomic mass is 35.5. The summed E-state index contributed by atoms with van der Waals surface area (Å²) in [5.74, 6) is 0.870. The minimum Gasteiger partial charge on any atom is -0.338 e. The highest BCUT2D eigenvalue weighted by Crippen LogP contribution is 2.29. The fourth-order valence-corrected chi connectivity index (χ4v) is 4.38. The molecule has 2 atom stereocenters. The zero-order valence-corrected chi connectivity index (χ0v) is 19.1. The van der Waals surface area contributed by atoms with Crippen molar-refractivity contribution in [2.75, 3.05) is 26.2 Å². The summed E-state index contributed by atoms with van der Waals surface area (Å²) in [6.07, 6.45) is 0.723. The Morgan fingerprint density at radius 3 is 2.40 bits per heavy atom. The molecule has 4 rings (SSSR count). The lowest BCUT2D eigenvalue weighted by Gasteiger charge is -2.20. The lowest BCUT2D eigenvalue weighted by molar-refractivity contribution is 0.0783. The molecule has 2 fully saturated rings. The van der Waals surface area contributed by atoms with E-state index in [2.05, 4.69) is 15.3 Å². The number of aromatic nitrogens is 3. The number of nitrogens with zero attached hydrogens (tertiary/aromatic N) is 3. The second-order valence-corrected chi connectivity index (χ2v) is 8.25. The van der Waals surface area contributed by atoms with Crippen LogP contribution in [0.25, 0.3) is 11.0 Å². The van der Waals surface area contributed by atoms with Crippen molar-refractivity contribution in [2.24, 2.45) is 11.8 Å². The van der Waals surface area contributed by atoms with E-state index in [1.54, 1.807) is 6.07 Å². The first-order chi connectivity index (χ1) is 13.4. The summed E-state index contributed by atoms with van der Waals surface area (Å²) in [7, 11) is 0. The Balaban J connectivity index is 0.00000160. The molecule has 0 spiro atoms. The number of H-pyrrole nitrogens is 1. The highest BCUT2D eigenvalue weighted by Gasteiger charge is 2.39. The van der Waals surface area contributed by atoms with Crippen LogP contribution in [0.2, 0.25) is 0 Å². The van der Waals surface area contributed by atoms with Crippen molar-refractivity contribution in [3.8, 4) is 0 Å². The minimum atomic E-state index is -0.542. The summed E-state index contributed by atoms with van der Waals surface area (Å²) in [5, 5.41) is 3.59. The Kier molecular flexibility index (Phi) is 7.71. The van der Waals surface area contributed by atoms with Gasteiger partial charge in [0.25, 0.3) is 11.5 Å². The van der Waals surface area contributed by atoms with E-state index >= 15 is 0 Å². The van der Waals surface area contributed by atoms with Crippen LogP contribution in [0.15, 0.2) is 15.7 Å². The fraction of sp³-hybridized carbons (Fsp3) is 0.600. The van der Waals surface area contributed by atoms with Gasteiger partial charge in [0.1, 0.15) is 0 Å². The lowest BCUT2D eigenvalue weighted by Crippen LogP contribution is -2.35. The molecule has 0 saturated carbocycles. The summed E-state index contributed by atoms with van der Waals surface area (Å²) in [5.41, 5.74) is 0.359. The van der Waals surface area contributed by atoms with E-state index in [4.69, 9.17) is 0 Å². The number of pyridine rings is 1. The third kappa shape index (κ3) is 4.13. The second kappa shape index (κ2) is 9.49. The number of nitrogens with one attached hydrogen (secondary N) is 2.